The van der Waals surface area contributed by atoms with Crippen molar-refractivity contribution in [2.45, 2.75) is 6.92 Å². The predicted molar refractivity (Wildman–Crippen MR) is 87.9 cm³/mol. The number of benzene rings is 1. The van der Waals surface area contributed by atoms with Gasteiger partial charge in [-0.1, -0.05) is 12.1 Å². The number of aromatic amines is 1. The van der Waals surface area contributed by atoms with Crippen molar-refractivity contribution >= 4 is 22.9 Å². The zero-order valence-electron chi connectivity index (χ0n) is 12.8. The van der Waals surface area contributed by atoms with E-state index in [-0.39, 0.29) is 11.6 Å². The van der Waals surface area contributed by atoms with Crippen LogP contribution in [0.4, 0.5) is 5.95 Å². The van der Waals surface area contributed by atoms with E-state index in [9.17, 15) is 4.79 Å². The number of rotatable bonds is 3. The first-order valence-corrected chi connectivity index (χ1v) is 7.31. The lowest BCUT2D eigenvalue weighted by Gasteiger charge is -2.05. The van der Waals surface area contributed by atoms with E-state index in [1.54, 1.807) is 36.1 Å². The van der Waals surface area contributed by atoms with Gasteiger partial charge in [-0.05, 0) is 25.1 Å². The number of imidazole rings is 1. The van der Waals surface area contributed by atoms with Crippen LogP contribution >= 0.6 is 0 Å². The number of hydrogen-bond donors (Lipinski definition) is 2. The molecule has 2 N–H and O–H groups in total. The third-order valence-corrected chi connectivity index (χ3v) is 3.42. The van der Waals surface area contributed by atoms with Gasteiger partial charge < -0.3 is 4.98 Å². The highest BCUT2D eigenvalue weighted by molar-refractivity contribution is 6.02. The second-order valence-electron chi connectivity index (χ2n) is 5.17. The van der Waals surface area contributed by atoms with Crippen LogP contribution in [0.1, 0.15) is 16.3 Å². The molecule has 8 nitrogen and oxygen atoms in total. The molecule has 1 amide bonds. The third kappa shape index (κ3) is 2.60. The van der Waals surface area contributed by atoms with E-state index >= 15 is 0 Å². The van der Waals surface area contributed by atoms with E-state index in [0.29, 0.717) is 17.6 Å². The Labute approximate surface area is 136 Å². The number of H-pyrrole nitrogens is 1. The summed E-state index contributed by atoms with van der Waals surface area (Å²) in [4.78, 5) is 28.3. The van der Waals surface area contributed by atoms with Crippen molar-refractivity contribution in [2.75, 3.05) is 5.32 Å². The number of para-hydroxylation sites is 2. The van der Waals surface area contributed by atoms with Crippen molar-refractivity contribution < 1.29 is 4.79 Å². The normalized spacial score (nSPS) is 10.9. The molecular formula is C16H13N7O. The van der Waals surface area contributed by atoms with E-state index in [2.05, 4.69) is 30.4 Å². The number of nitrogens with one attached hydrogen (secondary N) is 2. The molecular weight excluding hydrogens is 306 g/mol. The van der Waals surface area contributed by atoms with Gasteiger partial charge in [0.15, 0.2) is 5.82 Å². The number of aromatic nitrogens is 6. The highest BCUT2D eigenvalue weighted by Gasteiger charge is 2.13. The minimum Gasteiger partial charge on any atom is -0.324 e. The molecule has 8 heteroatoms. The monoisotopic (exact) mass is 319 g/mol. The number of carbonyl (C=O) groups excluding carboxylic acids is 1. The van der Waals surface area contributed by atoms with E-state index in [0.717, 1.165) is 11.0 Å². The maximum Gasteiger partial charge on any atom is 0.276 e. The molecule has 0 radical (unpaired) electrons. The highest BCUT2D eigenvalue weighted by Crippen LogP contribution is 2.14. The molecule has 0 unspecified atom stereocenters. The van der Waals surface area contributed by atoms with Gasteiger partial charge in [0.05, 0.1) is 11.0 Å². The van der Waals surface area contributed by atoms with Gasteiger partial charge in [0.25, 0.3) is 5.91 Å². The second kappa shape index (κ2) is 5.58. The second-order valence-corrected chi connectivity index (χ2v) is 5.17. The molecule has 3 aromatic heterocycles. The quantitative estimate of drug-likeness (QED) is 0.602. The van der Waals surface area contributed by atoms with E-state index in [4.69, 9.17) is 0 Å². The maximum atomic E-state index is 12.5. The zero-order chi connectivity index (χ0) is 16.5. The largest absolute Gasteiger partial charge is 0.324 e. The topological polar surface area (TPSA) is 101 Å². The molecule has 1 aromatic carbocycles. The lowest BCUT2D eigenvalue weighted by molar-refractivity contribution is 0.102. The zero-order valence-corrected chi connectivity index (χ0v) is 12.8. The average molecular weight is 319 g/mol. The molecule has 0 saturated carbocycles. The van der Waals surface area contributed by atoms with Gasteiger partial charge in [-0.2, -0.15) is 5.10 Å². The van der Waals surface area contributed by atoms with Crippen LogP contribution in [0, 0.1) is 6.92 Å². The first-order valence-electron chi connectivity index (χ1n) is 7.31. The number of anilines is 1. The van der Waals surface area contributed by atoms with Crippen molar-refractivity contribution in [2.24, 2.45) is 0 Å². The molecule has 4 aromatic rings. The molecule has 0 aliphatic heterocycles. The summed E-state index contributed by atoms with van der Waals surface area (Å²) in [5.41, 5.74) is 1.88. The van der Waals surface area contributed by atoms with Crippen LogP contribution in [0.25, 0.3) is 16.9 Å². The van der Waals surface area contributed by atoms with Gasteiger partial charge in [-0.25, -0.2) is 19.6 Å². The van der Waals surface area contributed by atoms with Crippen LogP contribution in [-0.4, -0.2) is 35.6 Å². The molecule has 0 aliphatic carbocycles. The Bertz CT molecular complexity index is 987. The fraction of sp³-hybridized carbons (Fsp3) is 0.0625. The van der Waals surface area contributed by atoms with Crippen molar-refractivity contribution in [3.63, 3.8) is 0 Å². The van der Waals surface area contributed by atoms with Crippen molar-refractivity contribution in [1.82, 2.24) is 29.7 Å². The Balaban J connectivity index is 1.64. The summed E-state index contributed by atoms with van der Waals surface area (Å²) in [5, 5.41) is 6.84. The lowest BCUT2D eigenvalue weighted by atomic mass is 10.3. The minimum absolute atomic E-state index is 0.244. The number of hydrogen-bond acceptors (Lipinski definition) is 5. The summed E-state index contributed by atoms with van der Waals surface area (Å²) in [5.74, 6) is 1.02. The van der Waals surface area contributed by atoms with Crippen LogP contribution in [0.5, 0.6) is 0 Å². The summed E-state index contributed by atoms with van der Waals surface area (Å²) in [6, 6.07) is 10.9. The van der Waals surface area contributed by atoms with Crippen LogP contribution in [0.2, 0.25) is 0 Å². The van der Waals surface area contributed by atoms with E-state index < -0.39 is 0 Å². The number of nitrogens with zero attached hydrogens (tertiary/aromatic N) is 5. The van der Waals surface area contributed by atoms with Gasteiger partial charge in [-0.15, -0.1) is 0 Å². The maximum absolute atomic E-state index is 12.5. The van der Waals surface area contributed by atoms with Crippen LogP contribution in [-0.2, 0) is 0 Å². The molecule has 0 fully saturated rings. The molecule has 0 saturated heterocycles. The van der Waals surface area contributed by atoms with Crippen LogP contribution in [0.3, 0.4) is 0 Å². The molecule has 0 atom stereocenters. The van der Waals surface area contributed by atoms with Crippen molar-refractivity contribution in [3.8, 4) is 5.82 Å². The molecule has 118 valence electrons. The van der Waals surface area contributed by atoms with Crippen molar-refractivity contribution in [3.05, 3.63) is 60.3 Å². The summed E-state index contributed by atoms with van der Waals surface area (Å²) in [6.45, 7) is 1.73. The molecule has 3 heterocycles. The predicted octanol–water partition coefficient (Wildman–Crippen LogP) is 2.10. The highest BCUT2D eigenvalue weighted by atomic mass is 16.2. The summed E-state index contributed by atoms with van der Waals surface area (Å²) >= 11 is 0. The van der Waals surface area contributed by atoms with Crippen LogP contribution < -0.4 is 5.32 Å². The Morgan fingerprint density at radius 1 is 1.17 bits per heavy atom. The lowest BCUT2D eigenvalue weighted by Crippen LogP contribution is -2.16. The Morgan fingerprint density at radius 2 is 2.04 bits per heavy atom. The van der Waals surface area contributed by atoms with Crippen LogP contribution in [0.15, 0.2) is 48.8 Å². The van der Waals surface area contributed by atoms with Gasteiger partial charge >= 0.3 is 0 Å². The summed E-state index contributed by atoms with van der Waals surface area (Å²) < 4.78 is 1.58. The Morgan fingerprint density at radius 3 is 2.83 bits per heavy atom. The van der Waals surface area contributed by atoms with Gasteiger partial charge in [0.2, 0.25) is 5.95 Å². The van der Waals surface area contributed by atoms with Gasteiger partial charge in [0, 0.05) is 18.5 Å². The Kier molecular flexibility index (Phi) is 3.27. The Hall–Kier alpha value is -3.55. The molecule has 0 bridgehead atoms. The third-order valence-electron chi connectivity index (χ3n) is 3.42. The minimum atomic E-state index is -0.368. The van der Waals surface area contributed by atoms with E-state index in [1.807, 2.05) is 24.3 Å². The van der Waals surface area contributed by atoms with Gasteiger partial charge in [0.1, 0.15) is 11.5 Å². The smallest absolute Gasteiger partial charge is 0.276 e. The average Bonchev–Trinajstić information content (AvgIpc) is 3.23. The molecule has 0 spiro atoms. The molecule has 0 aliphatic rings. The number of amides is 1. The fourth-order valence-corrected chi connectivity index (χ4v) is 2.37. The molecule has 24 heavy (non-hydrogen) atoms. The number of carbonyl (C=O) groups is 1. The van der Waals surface area contributed by atoms with Crippen molar-refractivity contribution in [1.29, 1.82) is 0 Å². The fourth-order valence-electron chi connectivity index (χ4n) is 2.37. The number of aryl methyl sites for hydroxylation is 1. The van der Waals surface area contributed by atoms with Gasteiger partial charge in [-0.3, -0.25) is 10.1 Å². The first kappa shape index (κ1) is 14.1. The summed E-state index contributed by atoms with van der Waals surface area (Å²) in [7, 11) is 0. The first-order chi connectivity index (χ1) is 11.7. The molecule has 4 rings (SSSR count). The number of fused-ring (bicyclic) bond motifs is 1. The SMILES string of the molecule is Cc1nc(C(=O)Nc2nc3ccccc3[nH]2)cc(-n2cccn2)n1. The standard InChI is InChI=1S/C16H13N7O/c1-10-18-13(9-14(19-10)23-8-4-7-17-23)15(24)22-16-20-11-5-2-3-6-12(11)21-16/h2-9H,1H3,(H2,20,21,22,24). The summed E-state index contributed by atoms with van der Waals surface area (Å²) in [6.07, 6.45) is 3.40. The van der Waals surface area contributed by atoms with E-state index in [1.165, 1.54) is 0 Å².